The number of guanidine groups is 1. The number of nitrogens with zero attached hydrogens (tertiary/aromatic N) is 2. The molecular formula is C16H34N4O. The third-order valence-electron chi connectivity index (χ3n) is 4.12. The molecule has 0 amide bonds. The summed E-state index contributed by atoms with van der Waals surface area (Å²) in [6.45, 7) is 11.2. The zero-order chi connectivity index (χ0) is 15.3. The van der Waals surface area contributed by atoms with Gasteiger partial charge in [0, 0.05) is 26.2 Å². The summed E-state index contributed by atoms with van der Waals surface area (Å²) < 4.78 is 5.34. The number of ether oxygens (including phenoxy) is 1. The van der Waals surface area contributed by atoms with Crippen LogP contribution < -0.4 is 11.1 Å². The van der Waals surface area contributed by atoms with Gasteiger partial charge in [-0.15, -0.1) is 0 Å². The molecule has 0 spiro atoms. The highest BCUT2D eigenvalue weighted by Crippen LogP contribution is 2.12. The summed E-state index contributed by atoms with van der Waals surface area (Å²) in [5.41, 5.74) is 5.93. The molecule has 21 heavy (non-hydrogen) atoms. The molecular weight excluding hydrogens is 264 g/mol. The summed E-state index contributed by atoms with van der Waals surface area (Å²) in [4.78, 5) is 6.92. The first-order valence-corrected chi connectivity index (χ1v) is 8.60. The molecule has 0 radical (unpaired) electrons. The maximum Gasteiger partial charge on any atom is 0.188 e. The van der Waals surface area contributed by atoms with Crippen LogP contribution in [0, 0.1) is 5.92 Å². The van der Waals surface area contributed by atoms with E-state index in [1.807, 2.05) is 0 Å². The molecule has 1 rings (SSSR count). The molecule has 1 atom stereocenters. The topological polar surface area (TPSA) is 62.9 Å². The number of nitrogens with two attached hydrogens (primary N) is 1. The van der Waals surface area contributed by atoms with Gasteiger partial charge in [-0.2, -0.15) is 0 Å². The van der Waals surface area contributed by atoms with E-state index in [1.54, 1.807) is 0 Å². The summed E-state index contributed by atoms with van der Waals surface area (Å²) in [5.74, 6) is 1.28. The highest BCUT2D eigenvalue weighted by molar-refractivity contribution is 5.77. The van der Waals surface area contributed by atoms with Crippen molar-refractivity contribution in [2.24, 2.45) is 16.6 Å². The van der Waals surface area contributed by atoms with E-state index in [9.17, 15) is 0 Å². The molecule has 1 saturated heterocycles. The fourth-order valence-corrected chi connectivity index (χ4v) is 2.54. The van der Waals surface area contributed by atoms with Crippen molar-refractivity contribution in [2.45, 2.75) is 46.0 Å². The minimum absolute atomic E-state index is 0.604. The van der Waals surface area contributed by atoms with Crippen molar-refractivity contribution in [3.63, 3.8) is 0 Å². The van der Waals surface area contributed by atoms with Gasteiger partial charge in [-0.1, -0.05) is 33.1 Å². The molecule has 5 nitrogen and oxygen atoms in total. The largest absolute Gasteiger partial charge is 0.379 e. The van der Waals surface area contributed by atoms with E-state index in [4.69, 9.17) is 10.5 Å². The van der Waals surface area contributed by atoms with Crippen molar-refractivity contribution in [3.8, 4) is 0 Å². The molecule has 1 aliphatic heterocycles. The molecule has 1 unspecified atom stereocenters. The smallest absolute Gasteiger partial charge is 0.188 e. The van der Waals surface area contributed by atoms with Gasteiger partial charge in [0.25, 0.3) is 0 Å². The van der Waals surface area contributed by atoms with Gasteiger partial charge in [0.15, 0.2) is 5.96 Å². The number of morpholine rings is 1. The van der Waals surface area contributed by atoms with Gasteiger partial charge < -0.3 is 15.8 Å². The summed E-state index contributed by atoms with van der Waals surface area (Å²) in [6, 6.07) is 0. The van der Waals surface area contributed by atoms with Gasteiger partial charge in [-0.05, 0) is 25.3 Å². The highest BCUT2D eigenvalue weighted by Gasteiger charge is 2.09. The first-order chi connectivity index (χ1) is 10.3. The predicted octanol–water partition coefficient (Wildman–Crippen LogP) is 1.83. The number of hydrogen-bond acceptors (Lipinski definition) is 3. The lowest BCUT2D eigenvalue weighted by Gasteiger charge is -2.26. The van der Waals surface area contributed by atoms with Crippen LogP contribution in [0.2, 0.25) is 0 Å². The molecule has 124 valence electrons. The third-order valence-corrected chi connectivity index (χ3v) is 4.12. The van der Waals surface area contributed by atoms with E-state index in [1.165, 1.54) is 25.7 Å². The third kappa shape index (κ3) is 8.94. The lowest BCUT2D eigenvalue weighted by atomic mass is 10.00. The maximum absolute atomic E-state index is 5.93. The number of unbranched alkanes of at least 4 members (excludes halogenated alkanes) is 1. The minimum atomic E-state index is 0.604. The Kier molecular flexibility index (Phi) is 10.3. The van der Waals surface area contributed by atoms with Crippen LogP contribution in [0.25, 0.3) is 0 Å². The molecule has 0 aromatic carbocycles. The quantitative estimate of drug-likeness (QED) is 0.367. The Morgan fingerprint density at radius 1 is 1.29 bits per heavy atom. The number of rotatable bonds is 10. The lowest BCUT2D eigenvalue weighted by molar-refractivity contribution is 0.0376. The number of nitrogens with one attached hydrogen (secondary N) is 1. The van der Waals surface area contributed by atoms with Gasteiger partial charge in [-0.3, -0.25) is 9.89 Å². The molecule has 0 aliphatic carbocycles. The van der Waals surface area contributed by atoms with Crippen molar-refractivity contribution < 1.29 is 4.74 Å². The Morgan fingerprint density at radius 3 is 2.71 bits per heavy atom. The Hall–Kier alpha value is -0.810. The van der Waals surface area contributed by atoms with Gasteiger partial charge in [0.05, 0.1) is 13.2 Å². The summed E-state index contributed by atoms with van der Waals surface area (Å²) in [7, 11) is 0. The van der Waals surface area contributed by atoms with Crippen LogP contribution in [-0.4, -0.2) is 56.8 Å². The molecule has 0 aromatic rings. The van der Waals surface area contributed by atoms with E-state index in [2.05, 4.69) is 29.1 Å². The second kappa shape index (κ2) is 11.8. The van der Waals surface area contributed by atoms with Gasteiger partial charge >= 0.3 is 0 Å². The van der Waals surface area contributed by atoms with Crippen molar-refractivity contribution in [3.05, 3.63) is 0 Å². The van der Waals surface area contributed by atoms with Crippen LogP contribution in [0.3, 0.4) is 0 Å². The van der Waals surface area contributed by atoms with Crippen LogP contribution >= 0.6 is 0 Å². The van der Waals surface area contributed by atoms with Gasteiger partial charge in [-0.25, -0.2) is 0 Å². The zero-order valence-corrected chi connectivity index (χ0v) is 13.9. The molecule has 3 N–H and O–H groups in total. The predicted molar refractivity (Wildman–Crippen MR) is 89.7 cm³/mol. The van der Waals surface area contributed by atoms with E-state index in [0.29, 0.717) is 11.9 Å². The fourth-order valence-electron chi connectivity index (χ4n) is 2.54. The highest BCUT2D eigenvalue weighted by atomic mass is 16.5. The standard InChI is InChI=1S/C16H34N4O/c1-3-5-7-15(4-2)14-19-16(17)18-8-6-9-20-10-12-21-13-11-20/h15H,3-14H2,1-2H3,(H3,17,18,19). The number of hydrogen-bond donors (Lipinski definition) is 2. The van der Waals surface area contributed by atoms with Crippen molar-refractivity contribution in [2.75, 3.05) is 45.9 Å². The first kappa shape index (κ1) is 18.2. The minimum Gasteiger partial charge on any atom is -0.379 e. The van der Waals surface area contributed by atoms with E-state index >= 15 is 0 Å². The molecule has 5 heteroatoms. The molecule has 0 aromatic heterocycles. The van der Waals surface area contributed by atoms with Crippen LogP contribution in [0.4, 0.5) is 0 Å². The molecule has 1 heterocycles. The van der Waals surface area contributed by atoms with Crippen molar-refractivity contribution in [1.82, 2.24) is 10.2 Å². The molecule has 1 aliphatic rings. The van der Waals surface area contributed by atoms with Crippen molar-refractivity contribution in [1.29, 1.82) is 0 Å². The normalized spacial score (nSPS) is 18.7. The van der Waals surface area contributed by atoms with Crippen LogP contribution in [-0.2, 0) is 4.74 Å². The molecule has 0 bridgehead atoms. The molecule has 0 saturated carbocycles. The van der Waals surface area contributed by atoms with E-state index in [0.717, 1.165) is 52.4 Å². The lowest BCUT2D eigenvalue weighted by Crippen LogP contribution is -2.39. The average Bonchev–Trinajstić information content (AvgIpc) is 2.53. The number of aliphatic imine (C=N–C) groups is 1. The van der Waals surface area contributed by atoms with Crippen LogP contribution in [0.15, 0.2) is 4.99 Å². The second-order valence-electron chi connectivity index (χ2n) is 5.88. The van der Waals surface area contributed by atoms with Gasteiger partial charge in [0.1, 0.15) is 0 Å². The second-order valence-corrected chi connectivity index (χ2v) is 5.88. The summed E-state index contributed by atoms with van der Waals surface area (Å²) >= 11 is 0. The van der Waals surface area contributed by atoms with E-state index in [-0.39, 0.29) is 0 Å². The summed E-state index contributed by atoms with van der Waals surface area (Å²) in [5, 5.41) is 3.23. The van der Waals surface area contributed by atoms with Gasteiger partial charge in [0.2, 0.25) is 0 Å². The van der Waals surface area contributed by atoms with Crippen LogP contribution in [0.1, 0.15) is 46.0 Å². The SMILES string of the molecule is CCCCC(CC)CN=C(N)NCCCN1CCOCC1. The average molecular weight is 298 g/mol. The van der Waals surface area contributed by atoms with Crippen molar-refractivity contribution >= 4 is 5.96 Å². The maximum atomic E-state index is 5.93. The van der Waals surface area contributed by atoms with Crippen LogP contribution in [0.5, 0.6) is 0 Å². The Bertz CT molecular complexity index is 277. The molecule has 1 fully saturated rings. The van der Waals surface area contributed by atoms with E-state index < -0.39 is 0 Å². The Labute approximate surface area is 130 Å². The zero-order valence-electron chi connectivity index (χ0n) is 13.9. The first-order valence-electron chi connectivity index (χ1n) is 8.60. The monoisotopic (exact) mass is 298 g/mol. The fraction of sp³-hybridized carbons (Fsp3) is 0.938. The Morgan fingerprint density at radius 2 is 2.05 bits per heavy atom. The summed E-state index contributed by atoms with van der Waals surface area (Å²) in [6.07, 6.45) is 6.11. The Balaban J connectivity index is 2.08.